The highest BCUT2D eigenvalue weighted by Gasteiger charge is 2.30. The Morgan fingerprint density at radius 3 is 2.43 bits per heavy atom. The summed E-state index contributed by atoms with van der Waals surface area (Å²) in [5, 5.41) is 5.98. The van der Waals surface area contributed by atoms with Gasteiger partial charge < -0.3 is 4.74 Å². The van der Waals surface area contributed by atoms with E-state index in [0.29, 0.717) is 22.2 Å². The SMILES string of the molecule is CNS(=O)(=O)/C=C/c1cc(Oc2ccc(C(F)(F)F)cc2)cc2cn(C)nc12. The Labute approximate surface area is 159 Å². The maximum absolute atomic E-state index is 12.7. The van der Waals surface area contributed by atoms with Gasteiger partial charge in [0.1, 0.15) is 11.5 Å². The first-order valence-corrected chi connectivity index (χ1v) is 9.56. The highest BCUT2D eigenvalue weighted by atomic mass is 32.2. The van der Waals surface area contributed by atoms with Crippen LogP contribution in [-0.2, 0) is 23.2 Å². The topological polar surface area (TPSA) is 73.2 Å². The van der Waals surface area contributed by atoms with Gasteiger partial charge in [0, 0.05) is 29.6 Å². The number of halogens is 3. The summed E-state index contributed by atoms with van der Waals surface area (Å²) in [4.78, 5) is 0. The molecule has 1 aromatic heterocycles. The Morgan fingerprint density at radius 1 is 1.14 bits per heavy atom. The molecular weight excluding hydrogens is 395 g/mol. The molecule has 0 fully saturated rings. The summed E-state index contributed by atoms with van der Waals surface area (Å²) in [5.41, 5.74) is 0.270. The van der Waals surface area contributed by atoms with E-state index in [-0.39, 0.29) is 5.75 Å². The molecule has 0 radical (unpaired) electrons. The molecule has 2 aromatic carbocycles. The quantitative estimate of drug-likeness (QED) is 0.691. The minimum absolute atomic E-state index is 0.217. The lowest BCUT2D eigenvalue weighted by molar-refractivity contribution is -0.137. The molecule has 0 aliphatic carbocycles. The van der Waals surface area contributed by atoms with E-state index in [4.69, 9.17) is 4.74 Å². The van der Waals surface area contributed by atoms with Gasteiger partial charge in [-0.05, 0) is 49.5 Å². The molecule has 1 N–H and O–H groups in total. The zero-order valence-electron chi connectivity index (χ0n) is 14.9. The molecule has 0 atom stereocenters. The molecule has 0 aliphatic rings. The van der Waals surface area contributed by atoms with Gasteiger partial charge in [0.25, 0.3) is 0 Å². The van der Waals surface area contributed by atoms with Gasteiger partial charge in [-0.3, -0.25) is 4.68 Å². The maximum Gasteiger partial charge on any atom is 0.416 e. The fourth-order valence-electron chi connectivity index (χ4n) is 2.52. The first kappa shape index (κ1) is 19.9. The van der Waals surface area contributed by atoms with Gasteiger partial charge in [-0.15, -0.1) is 0 Å². The van der Waals surface area contributed by atoms with Crippen molar-refractivity contribution in [2.75, 3.05) is 7.05 Å². The van der Waals surface area contributed by atoms with E-state index in [1.165, 1.54) is 25.3 Å². The number of sulfonamides is 1. The third kappa shape index (κ3) is 4.52. The van der Waals surface area contributed by atoms with Gasteiger partial charge in [0.2, 0.25) is 10.0 Å². The standard InChI is InChI=1S/C18H16F3N3O3S/c1-22-28(25,26)8-7-12-9-16(10-13-11-24(2)23-17(12)13)27-15-5-3-14(4-6-15)18(19,20)21/h3-11,22H,1-2H3/b8-7+. The van der Waals surface area contributed by atoms with Crippen LogP contribution in [0.4, 0.5) is 13.2 Å². The lowest BCUT2D eigenvalue weighted by Gasteiger charge is -2.10. The minimum Gasteiger partial charge on any atom is -0.457 e. The van der Waals surface area contributed by atoms with Crippen molar-refractivity contribution in [2.45, 2.75) is 6.18 Å². The average molecular weight is 411 g/mol. The van der Waals surface area contributed by atoms with Gasteiger partial charge >= 0.3 is 6.18 Å². The molecule has 0 aliphatic heterocycles. The number of hydrogen-bond acceptors (Lipinski definition) is 4. The summed E-state index contributed by atoms with van der Waals surface area (Å²) < 4.78 is 70.7. The van der Waals surface area contributed by atoms with E-state index in [0.717, 1.165) is 17.5 Å². The molecule has 28 heavy (non-hydrogen) atoms. The predicted molar refractivity (Wildman–Crippen MR) is 99.2 cm³/mol. The predicted octanol–water partition coefficient (Wildman–Crippen LogP) is 3.90. The van der Waals surface area contributed by atoms with Crippen LogP contribution in [0.1, 0.15) is 11.1 Å². The Hall–Kier alpha value is -2.85. The number of hydrogen-bond donors (Lipinski definition) is 1. The van der Waals surface area contributed by atoms with Gasteiger partial charge in [0.15, 0.2) is 0 Å². The second-order valence-corrected chi connectivity index (χ2v) is 7.70. The lowest BCUT2D eigenvalue weighted by Crippen LogP contribution is -2.14. The first-order chi connectivity index (χ1) is 13.1. The van der Waals surface area contributed by atoms with Crippen molar-refractivity contribution >= 4 is 27.0 Å². The number of rotatable bonds is 5. The minimum atomic E-state index is -4.43. The summed E-state index contributed by atoms with van der Waals surface area (Å²) in [6.07, 6.45) is -1.33. The smallest absolute Gasteiger partial charge is 0.416 e. The Kier molecular flexibility index (Phi) is 5.18. The van der Waals surface area contributed by atoms with Crippen LogP contribution < -0.4 is 9.46 Å². The van der Waals surface area contributed by atoms with Crippen LogP contribution >= 0.6 is 0 Å². The number of nitrogens with zero attached hydrogens (tertiary/aromatic N) is 2. The summed E-state index contributed by atoms with van der Waals surface area (Å²) in [7, 11) is -0.574. The summed E-state index contributed by atoms with van der Waals surface area (Å²) >= 11 is 0. The molecule has 6 nitrogen and oxygen atoms in total. The van der Waals surface area contributed by atoms with Gasteiger partial charge in [-0.1, -0.05) is 0 Å². The number of fused-ring (bicyclic) bond motifs is 1. The molecule has 3 rings (SSSR count). The van der Waals surface area contributed by atoms with Crippen molar-refractivity contribution < 1.29 is 26.3 Å². The van der Waals surface area contributed by atoms with Gasteiger partial charge in [0.05, 0.1) is 11.1 Å². The molecule has 148 valence electrons. The van der Waals surface area contributed by atoms with Crippen LogP contribution in [0.5, 0.6) is 11.5 Å². The Morgan fingerprint density at radius 2 is 1.82 bits per heavy atom. The molecule has 3 aromatic rings. The van der Waals surface area contributed by atoms with Crippen molar-refractivity contribution in [3.8, 4) is 11.5 Å². The van der Waals surface area contributed by atoms with Crippen LogP contribution in [0.2, 0.25) is 0 Å². The fourth-order valence-corrected chi connectivity index (χ4v) is 2.98. The molecule has 0 saturated carbocycles. The van der Waals surface area contributed by atoms with Crippen molar-refractivity contribution in [3.63, 3.8) is 0 Å². The highest BCUT2D eigenvalue weighted by Crippen LogP contribution is 2.33. The number of benzene rings is 2. The number of nitrogens with one attached hydrogen (secondary N) is 1. The van der Waals surface area contributed by atoms with E-state index in [2.05, 4.69) is 9.82 Å². The molecule has 0 bridgehead atoms. The average Bonchev–Trinajstić information content (AvgIpc) is 2.99. The second-order valence-electron chi connectivity index (χ2n) is 5.93. The van der Waals surface area contributed by atoms with Crippen LogP contribution in [0.15, 0.2) is 48.0 Å². The first-order valence-electron chi connectivity index (χ1n) is 8.01. The van der Waals surface area contributed by atoms with E-state index in [9.17, 15) is 21.6 Å². The molecule has 0 spiro atoms. The van der Waals surface area contributed by atoms with Crippen molar-refractivity contribution in [3.05, 3.63) is 59.1 Å². The van der Waals surface area contributed by atoms with Crippen LogP contribution in [-0.4, -0.2) is 25.2 Å². The Bertz CT molecular complexity index is 1130. The molecule has 1 heterocycles. The molecule has 10 heteroatoms. The van der Waals surface area contributed by atoms with Crippen LogP contribution in [0, 0.1) is 0 Å². The zero-order chi connectivity index (χ0) is 20.5. The molecule has 0 amide bonds. The van der Waals surface area contributed by atoms with E-state index in [1.54, 1.807) is 30.1 Å². The van der Waals surface area contributed by atoms with Crippen molar-refractivity contribution in [1.29, 1.82) is 0 Å². The van der Waals surface area contributed by atoms with Crippen LogP contribution in [0.25, 0.3) is 17.0 Å². The fraction of sp³-hybridized carbons (Fsp3) is 0.167. The van der Waals surface area contributed by atoms with Crippen molar-refractivity contribution in [1.82, 2.24) is 14.5 Å². The summed E-state index contributed by atoms with van der Waals surface area (Å²) in [6, 6.07) is 7.53. The van der Waals surface area contributed by atoms with Gasteiger partial charge in [-0.2, -0.15) is 18.3 Å². The second kappa shape index (κ2) is 7.28. The molecule has 0 unspecified atom stereocenters. The highest BCUT2D eigenvalue weighted by molar-refractivity contribution is 7.92. The summed E-state index contributed by atoms with van der Waals surface area (Å²) in [6.45, 7) is 0. The van der Waals surface area contributed by atoms with Crippen molar-refractivity contribution in [2.24, 2.45) is 7.05 Å². The normalized spacial score (nSPS) is 12.8. The van der Waals surface area contributed by atoms with Gasteiger partial charge in [-0.25, -0.2) is 13.1 Å². The van der Waals surface area contributed by atoms with E-state index in [1.807, 2.05) is 0 Å². The maximum atomic E-state index is 12.7. The summed E-state index contributed by atoms with van der Waals surface area (Å²) in [5.74, 6) is 0.552. The number of aromatic nitrogens is 2. The number of aryl methyl sites for hydroxylation is 1. The monoisotopic (exact) mass is 411 g/mol. The largest absolute Gasteiger partial charge is 0.457 e. The number of ether oxygens (including phenoxy) is 1. The molecular formula is C18H16F3N3O3S. The zero-order valence-corrected chi connectivity index (χ0v) is 15.7. The lowest BCUT2D eigenvalue weighted by atomic mass is 10.1. The van der Waals surface area contributed by atoms with E-state index < -0.39 is 21.8 Å². The van der Waals surface area contributed by atoms with Crippen LogP contribution in [0.3, 0.4) is 0 Å². The van der Waals surface area contributed by atoms with E-state index >= 15 is 0 Å². The molecule has 0 saturated heterocycles. The third-order valence-electron chi connectivity index (χ3n) is 3.85. The number of alkyl halides is 3. The third-order valence-corrected chi connectivity index (χ3v) is 4.92. The Balaban J connectivity index is 1.98.